The Morgan fingerprint density at radius 1 is 1.05 bits per heavy atom. The van der Waals surface area contributed by atoms with Gasteiger partial charge in [0.2, 0.25) is 0 Å². The van der Waals surface area contributed by atoms with Crippen LogP contribution in [0.5, 0.6) is 0 Å². The van der Waals surface area contributed by atoms with Crippen molar-refractivity contribution in [3.05, 3.63) is 62.5 Å². The lowest BCUT2D eigenvalue weighted by Gasteiger charge is -2.18. The minimum Gasteiger partial charge on any atom is -0.297 e. The van der Waals surface area contributed by atoms with Crippen LogP contribution in [-0.2, 0) is 0 Å². The number of benzene rings is 2. The maximum atomic E-state index is 12.2. The molecule has 0 aliphatic heterocycles. The standard InChI is InChI=1S/C15H11BrCl2N2O2/c1-20(10-7-5-9(16)6-8-10)15(22)19-14(21)13-11(17)3-2-4-12(13)18/h2-8H,1H3,(H,19,21,22). The van der Waals surface area contributed by atoms with Gasteiger partial charge < -0.3 is 0 Å². The van der Waals surface area contributed by atoms with Crippen molar-refractivity contribution in [1.82, 2.24) is 5.32 Å². The number of nitrogens with one attached hydrogen (secondary N) is 1. The molecule has 0 saturated heterocycles. The summed E-state index contributed by atoms with van der Waals surface area (Å²) in [5.41, 5.74) is 0.710. The molecule has 0 spiro atoms. The average Bonchev–Trinajstić information content (AvgIpc) is 2.47. The summed E-state index contributed by atoms with van der Waals surface area (Å²) >= 11 is 15.2. The molecule has 22 heavy (non-hydrogen) atoms. The first-order valence-electron chi connectivity index (χ1n) is 6.19. The smallest absolute Gasteiger partial charge is 0.297 e. The molecule has 0 unspecified atom stereocenters. The van der Waals surface area contributed by atoms with E-state index >= 15 is 0 Å². The number of rotatable bonds is 2. The van der Waals surface area contributed by atoms with Gasteiger partial charge in [0, 0.05) is 17.2 Å². The van der Waals surface area contributed by atoms with Gasteiger partial charge in [0.05, 0.1) is 15.6 Å². The highest BCUT2D eigenvalue weighted by Gasteiger charge is 2.19. The van der Waals surface area contributed by atoms with E-state index < -0.39 is 11.9 Å². The highest BCUT2D eigenvalue weighted by atomic mass is 79.9. The molecule has 0 radical (unpaired) electrons. The van der Waals surface area contributed by atoms with E-state index in [1.54, 1.807) is 37.4 Å². The lowest BCUT2D eigenvalue weighted by molar-refractivity contribution is 0.0966. The zero-order valence-corrected chi connectivity index (χ0v) is 14.5. The third kappa shape index (κ3) is 3.80. The van der Waals surface area contributed by atoms with E-state index in [1.807, 2.05) is 0 Å². The second kappa shape index (κ2) is 7.13. The summed E-state index contributed by atoms with van der Waals surface area (Å²) in [4.78, 5) is 25.6. The molecule has 2 aromatic rings. The van der Waals surface area contributed by atoms with Crippen LogP contribution in [0, 0.1) is 0 Å². The molecule has 0 aliphatic carbocycles. The Balaban J connectivity index is 2.14. The fraction of sp³-hybridized carbons (Fsp3) is 0.0667. The fourth-order valence-corrected chi connectivity index (χ4v) is 2.57. The summed E-state index contributed by atoms with van der Waals surface area (Å²) in [6.45, 7) is 0. The van der Waals surface area contributed by atoms with Crippen molar-refractivity contribution in [2.24, 2.45) is 0 Å². The minimum atomic E-state index is -0.649. The molecular formula is C15H11BrCl2N2O2. The topological polar surface area (TPSA) is 49.4 Å². The molecular weight excluding hydrogens is 391 g/mol. The second-order valence-electron chi connectivity index (χ2n) is 4.39. The van der Waals surface area contributed by atoms with Gasteiger partial charge in [-0.25, -0.2) is 4.79 Å². The maximum Gasteiger partial charge on any atom is 0.328 e. The molecule has 2 rings (SSSR count). The Labute approximate surface area is 146 Å². The van der Waals surface area contributed by atoms with Crippen molar-refractivity contribution < 1.29 is 9.59 Å². The zero-order chi connectivity index (χ0) is 16.3. The number of hydrogen-bond acceptors (Lipinski definition) is 2. The van der Waals surface area contributed by atoms with Gasteiger partial charge in [-0.3, -0.25) is 15.0 Å². The lowest BCUT2D eigenvalue weighted by Crippen LogP contribution is -2.41. The van der Waals surface area contributed by atoms with E-state index in [0.717, 1.165) is 4.47 Å². The minimum absolute atomic E-state index is 0.0726. The van der Waals surface area contributed by atoms with E-state index in [9.17, 15) is 9.59 Å². The van der Waals surface area contributed by atoms with Crippen LogP contribution in [0.15, 0.2) is 46.9 Å². The van der Waals surface area contributed by atoms with E-state index in [-0.39, 0.29) is 15.6 Å². The molecule has 0 saturated carbocycles. The third-order valence-corrected chi connectivity index (χ3v) is 4.09. The first-order chi connectivity index (χ1) is 10.4. The molecule has 0 bridgehead atoms. The van der Waals surface area contributed by atoms with Gasteiger partial charge in [0.15, 0.2) is 0 Å². The van der Waals surface area contributed by atoms with Gasteiger partial charge in [-0.1, -0.05) is 45.2 Å². The Kier molecular flexibility index (Phi) is 5.45. The predicted molar refractivity (Wildman–Crippen MR) is 91.9 cm³/mol. The molecule has 114 valence electrons. The van der Waals surface area contributed by atoms with E-state index in [1.165, 1.54) is 17.0 Å². The Bertz CT molecular complexity index is 700. The number of amides is 3. The number of nitrogens with zero attached hydrogens (tertiary/aromatic N) is 1. The second-order valence-corrected chi connectivity index (χ2v) is 6.12. The van der Waals surface area contributed by atoms with Gasteiger partial charge in [-0.2, -0.15) is 0 Å². The van der Waals surface area contributed by atoms with Crippen LogP contribution in [0.1, 0.15) is 10.4 Å². The molecule has 0 fully saturated rings. The predicted octanol–water partition coefficient (Wildman–Crippen LogP) is 4.74. The van der Waals surface area contributed by atoms with Gasteiger partial charge in [0.1, 0.15) is 0 Å². The van der Waals surface area contributed by atoms with E-state index in [2.05, 4.69) is 21.2 Å². The molecule has 3 amide bonds. The van der Waals surface area contributed by atoms with Gasteiger partial charge in [-0.05, 0) is 36.4 Å². The molecule has 7 heteroatoms. The highest BCUT2D eigenvalue weighted by Crippen LogP contribution is 2.24. The third-order valence-electron chi connectivity index (χ3n) is 2.93. The fourth-order valence-electron chi connectivity index (χ4n) is 1.74. The SMILES string of the molecule is CN(C(=O)NC(=O)c1c(Cl)cccc1Cl)c1ccc(Br)cc1. The summed E-state index contributed by atoms with van der Waals surface area (Å²) in [5, 5.41) is 2.63. The van der Waals surface area contributed by atoms with Crippen molar-refractivity contribution >= 4 is 56.8 Å². The number of urea groups is 1. The number of carbonyl (C=O) groups excluding carboxylic acids is 2. The number of hydrogen-bond donors (Lipinski definition) is 1. The van der Waals surface area contributed by atoms with Crippen LogP contribution in [0.2, 0.25) is 10.0 Å². The Morgan fingerprint density at radius 2 is 1.59 bits per heavy atom. The van der Waals surface area contributed by atoms with Gasteiger partial charge in [0.25, 0.3) is 5.91 Å². The average molecular weight is 402 g/mol. The zero-order valence-electron chi connectivity index (χ0n) is 11.4. The van der Waals surface area contributed by atoms with Crippen LogP contribution in [-0.4, -0.2) is 19.0 Å². The van der Waals surface area contributed by atoms with Gasteiger partial charge in [-0.15, -0.1) is 0 Å². The van der Waals surface area contributed by atoms with E-state index in [4.69, 9.17) is 23.2 Å². The monoisotopic (exact) mass is 400 g/mol. The summed E-state index contributed by atoms with van der Waals surface area (Å²) < 4.78 is 0.893. The molecule has 0 atom stereocenters. The first kappa shape index (κ1) is 16.8. The first-order valence-corrected chi connectivity index (χ1v) is 7.73. The van der Waals surface area contributed by atoms with Crippen LogP contribution in [0.25, 0.3) is 0 Å². The maximum absolute atomic E-state index is 12.2. The summed E-state index contributed by atoms with van der Waals surface area (Å²) in [5.74, 6) is -0.649. The van der Waals surface area contributed by atoms with Crippen LogP contribution in [0.4, 0.5) is 10.5 Å². The van der Waals surface area contributed by atoms with Gasteiger partial charge >= 0.3 is 6.03 Å². The summed E-state index contributed by atoms with van der Waals surface area (Å²) in [6, 6.07) is 11.2. The van der Waals surface area contributed by atoms with Crippen molar-refractivity contribution in [3.8, 4) is 0 Å². The largest absolute Gasteiger partial charge is 0.328 e. The van der Waals surface area contributed by atoms with Crippen LogP contribution in [0.3, 0.4) is 0 Å². The quantitative estimate of drug-likeness (QED) is 0.789. The lowest BCUT2D eigenvalue weighted by atomic mass is 10.2. The molecule has 4 nitrogen and oxygen atoms in total. The van der Waals surface area contributed by atoms with Crippen molar-refractivity contribution in [2.45, 2.75) is 0 Å². The van der Waals surface area contributed by atoms with Crippen LogP contribution >= 0.6 is 39.1 Å². The Morgan fingerprint density at radius 3 is 2.14 bits per heavy atom. The summed E-state index contributed by atoms with van der Waals surface area (Å²) in [7, 11) is 1.56. The summed E-state index contributed by atoms with van der Waals surface area (Å²) in [6.07, 6.45) is 0. The van der Waals surface area contributed by atoms with Crippen molar-refractivity contribution in [1.29, 1.82) is 0 Å². The van der Waals surface area contributed by atoms with Crippen molar-refractivity contribution in [2.75, 3.05) is 11.9 Å². The normalized spacial score (nSPS) is 10.2. The molecule has 0 aliphatic rings. The van der Waals surface area contributed by atoms with Crippen molar-refractivity contribution in [3.63, 3.8) is 0 Å². The number of carbonyl (C=O) groups is 2. The number of imide groups is 1. The number of anilines is 1. The highest BCUT2D eigenvalue weighted by molar-refractivity contribution is 9.10. The molecule has 2 aromatic carbocycles. The van der Waals surface area contributed by atoms with E-state index in [0.29, 0.717) is 5.69 Å². The van der Waals surface area contributed by atoms with Crippen LogP contribution < -0.4 is 10.2 Å². The Hall–Kier alpha value is -1.56. The molecule has 1 N–H and O–H groups in total. The molecule has 0 aromatic heterocycles. The molecule has 0 heterocycles. The number of halogens is 3.